The SMILES string of the molecule is COc1ccccc1[C@H](NC(=O)C1CCN(S(=O)(=O)c2ccc(C)cc2)CC1)c1nccn1C. The third kappa shape index (κ3) is 4.85. The number of ether oxygens (including phenoxy) is 1. The lowest BCUT2D eigenvalue weighted by Gasteiger charge is -2.31. The van der Waals surface area contributed by atoms with Crippen molar-refractivity contribution in [2.75, 3.05) is 20.2 Å². The van der Waals surface area contributed by atoms with E-state index in [0.29, 0.717) is 37.5 Å². The number of hydrogen-bond acceptors (Lipinski definition) is 5. The van der Waals surface area contributed by atoms with Crippen LogP contribution in [0.4, 0.5) is 0 Å². The van der Waals surface area contributed by atoms with Crippen molar-refractivity contribution in [2.24, 2.45) is 13.0 Å². The largest absolute Gasteiger partial charge is 0.496 e. The molecule has 1 N–H and O–H groups in total. The minimum absolute atomic E-state index is 0.119. The van der Waals surface area contributed by atoms with E-state index in [2.05, 4.69) is 10.3 Å². The molecule has 0 spiro atoms. The second kappa shape index (κ2) is 9.99. The lowest BCUT2D eigenvalue weighted by atomic mass is 9.96. The maximum absolute atomic E-state index is 13.3. The molecule has 8 nitrogen and oxygen atoms in total. The highest BCUT2D eigenvalue weighted by Crippen LogP contribution is 2.30. The average molecular weight is 483 g/mol. The molecule has 1 aliphatic rings. The van der Waals surface area contributed by atoms with Crippen LogP contribution >= 0.6 is 0 Å². The van der Waals surface area contributed by atoms with E-state index in [-0.39, 0.29) is 16.7 Å². The fraction of sp³-hybridized carbons (Fsp3) is 0.360. The van der Waals surface area contributed by atoms with E-state index in [1.807, 2.05) is 49.0 Å². The zero-order valence-electron chi connectivity index (χ0n) is 19.6. The zero-order chi connectivity index (χ0) is 24.3. The van der Waals surface area contributed by atoms with Crippen molar-refractivity contribution in [1.29, 1.82) is 0 Å². The number of piperidine rings is 1. The Bertz CT molecular complexity index is 1250. The number of aryl methyl sites for hydroxylation is 2. The number of benzene rings is 2. The Hall–Kier alpha value is -3.17. The van der Waals surface area contributed by atoms with Gasteiger partial charge in [0.2, 0.25) is 15.9 Å². The summed E-state index contributed by atoms with van der Waals surface area (Å²) in [6.45, 7) is 2.52. The van der Waals surface area contributed by atoms with E-state index >= 15 is 0 Å². The van der Waals surface area contributed by atoms with E-state index < -0.39 is 16.1 Å². The van der Waals surface area contributed by atoms with Crippen LogP contribution in [0.15, 0.2) is 65.8 Å². The number of nitrogens with one attached hydrogen (secondary N) is 1. The molecule has 0 aliphatic carbocycles. The summed E-state index contributed by atoms with van der Waals surface area (Å²) >= 11 is 0. The fourth-order valence-electron chi connectivity index (χ4n) is 4.32. The summed E-state index contributed by atoms with van der Waals surface area (Å²) in [4.78, 5) is 18.0. The van der Waals surface area contributed by atoms with Crippen LogP contribution in [-0.2, 0) is 21.9 Å². The summed E-state index contributed by atoms with van der Waals surface area (Å²) in [6, 6.07) is 13.9. The maximum atomic E-state index is 13.3. The summed E-state index contributed by atoms with van der Waals surface area (Å²) in [5, 5.41) is 3.14. The molecule has 1 atom stereocenters. The molecular weight excluding hydrogens is 452 g/mol. The highest BCUT2D eigenvalue weighted by atomic mass is 32.2. The zero-order valence-corrected chi connectivity index (χ0v) is 20.5. The summed E-state index contributed by atoms with van der Waals surface area (Å²) in [5.41, 5.74) is 1.82. The lowest BCUT2D eigenvalue weighted by molar-refractivity contribution is -0.126. The van der Waals surface area contributed by atoms with E-state index in [1.54, 1.807) is 37.6 Å². The van der Waals surface area contributed by atoms with Crippen LogP contribution in [0.25, 0.3) is 0 Å². The van der Waals surface area contributed by atoms with Gasteiger partial charge in [0.1, 0.15) is 17.6 Å². The van der Waals surface area contributed by atoms with Crippen molar-refractivity contribution in [3.05, 3.63) is 77.9 Å². The van der Waals surface area contributed by atoms with Crippen LogP contribution in [0.1, 0.15) is 35.8 Å². The van der Waals surface area contributed by atoms with Crippen LogP contribution in [0.5, 0.6) is 5.75 Å². The number of hydrogen-bond donors (Lipinski definition) is 1. The Morgan fingerprint density at radius 3 is 2.41 bits per heavy atom. The Labute approximate surface area is 200 Å². The molecule has 34 heavy (non-hydrogen) atoms. The predicted molar refractivity (Wildman–Crippen MR) is 129 cm³/mol. The molecule has 4 rings (SSSR count). The van der Waals surface area contributed by atoms with Crippen LogP contribution < -0.4 is 10.1 Å². The van der Waals surface area contributed by atoms with E-state index in [1.165, 1.54) is 4.31 Å². The normalized spacial score (nSPS) is 16.2. The summed E-state index contributed by atoms with van der Waals surface area (Å²) < 4.78 is 34.9. The number of imidazole rings is 1. The van der Waals surface area contributed by atoms with E-state index in [0.717, 1.165) is 11.1 Å². The van der Waals surface area contributed by atoms with Crippen molar-refractivity contribution in [3.8, 4) is 5.75 Å². The molecule has 1 aromatic heterocycles. The second-order valence-corrected chi connectivity index (χ2v) is 10.5. The molecule has 9 heteroatoms. The summed E-state index contributed by atoms with van der Waals surface area (Å²) in [6.07, 6.45) is 4.43. The number of methoxy groups -OCH3 is 1. The van der Waals surface area contributed by atoms with Gasteiger partial charge in [-0.2, -0.15) is 4.31 Å². The molecule has 0 unspecified atom stereocenters. The summed E-state index contributed by atoms with van der Waals surface area (Å²) in [5.74, 6) is 0.945. The van der Waals surface area contributed by atoms with Gasteiger partial charge in [0, 0.05) is 44.0 Å². The minimum Gasteiger partial charge on any atom is -0.496 e. The third-order valence-corrected chi connectivity index (χ3v) is 8.25. The van der Waals surface area contributed by atoms with Crippen LogP contribution in [0.3, 0.4) is 0 Å². The van der Waals surface area contributed by atoms with Crippen molar-refractivity contribution < 1.29 is 17.9 Å². The average Bonchev–Trinajstić information content (AvgIpc) is 3.28. The van der Waals surface area contributed by atoms with Gasteiger partial charge < -0.3 is 14.6 Å². The van der Waals surface area contributed by atoms with Crippen LogP contribution in [0, 0.1) is 12.8 Å². The second-order valence-electron chi connectivity index (χ2n) is 8.57. The number of para-hydroxylation sites is 1. The number of carbonyl (C=O) groups is 1. The third-order valence-electron chi connectivity index (χ3n) is 6.34. The molecule has 0 bridgehead atoms. The molecule has 1 aliphatic heterocycles. The molecule has 0 saturated carbocycles. The smallest absolute Gasteiger partial charge is 0.243 e. The molecule has 2 aromatic carbocycles. The summed E-state index contributed by atoms with van der Waals surface area (Å²) in [7, 11) is -0.0944. The Kier molecular flexibility index (Phi) is 7.04. The molecule has 1 amide bonds. The molecule has 1 fully saturated rings. The van der Waals surface area contributed by atoms with Crippen LogP contribution in [0.2, 0.25) is 0 Å². The molecule has 3 aromatic rings. The number of nitrogens with zero attached hydrogens (tertiary/aromatic N) is 3. The number of sulfonamides is 1. The molecule has 2 heterocycles. The first-order chi connectivity index (χ1) is 16.3. The predicted octanol–water partition coefficient (Wildman–Crippen LogP) is 3.04. The Balaban J connectivity index is 1.48. The Morgan fingerprint density at radius 2 is 1.79 bits per heavy atom. The fourth-order valence-corrected chi connectivity index (χ4v) is 5.79. The van der Waals surface area contributed by atoms with Crippen molar-refractivity contribution in [1.82, 2.24) is 19.2 Å². The van der Waals surface area contributed by atoms with Gasteiger partial charge in [-0.3, -0.25) is 4.79 Å². The maximum Gasteiger partial charge on any atom is 0.243 e. The first kappa shape index (κ1) is 24.0. The Morgan fingerprint density at radius 1 is 1.12 bits per heavy atom. The number of amides is 1. The van der Waals surface area contributed by atoms with Gasteiger partial charge in [-0.1, -0.05) is 35.9 Å². The molecular formula is C25H30N4O4S. The molecule has 0 radical (unpaired) electrons. The first-order valence-electron chi connectivity index (χ1n) is 11.3. The van der Waals surface area contributed by atoms with Gasteiger partial charge in [0.05, 0.1) is 12.0 Å². The number of rotatable bonds is 7. The topological polar surface area (TPSA) is 93.5 Å². The van der Waals surface area contributed by atoms with Gasteiger partial charge in [-0.05, 0) is 38.0 Å². The van der Waals surface area contributed by atoms with Gasteiger partial charge in [0.15, 0.2) is 0 Å². The standard InChI is InChI=1S/C25H30N4O4S/c1-18-8-10-20(11-9-18)34(31,32)29-15-12-19(13-16-29)25(30)27-23(24-26-14-17-28(24)2)21-6-4-5-7-22(21)33-3/h4-11,14,17,19,23H,12-13,15-16H2,1-3H3,(H,27,30)/t23-/m0/s1. The minimum atomic E-state index is -3.57. The van der Waals surface area contributed by atoms with Gasteiger partial charge in [-0.25, -0.2) is 13.4 Å². The highest BCUT2D eigenvalue weighted by molar-refractivity contribution is 7.89. The van der Waals surface area contributed by atoms with Crippen molar-refractivity contribution >= 4 is 15.9 Å². The van der Waals surface area contributed by atoms with Crippen molar-refractivity contribution in [3.63, 3.8) is 0 Å². The van der Waals surface area contributed by atoms with Gasteiger partial charge >= 0.3 is 0 Å². The van der Waals surface area contributed by atoms with Crippen molar-refractivity contribution in [2.45, 2.75) is 30.7 Å². The number of aromatic nitrogens is 2. The lowest BCUT2D eigenvalue weighted by Crippen LogP contribution is -2.44. The molecule has 180 valence electrons. The number of carbonyl (C=O) groups excluding carboxylic acids is 1. The van der Waals surface area contributed by atoms with Crippen LogP contribution in [-0.4, -0.2) is 48.4 Å². The quantitative estimate of drug-likeness (QED) is 0.559. The van der Waals surface area contributed by atoms with E-state index in [9.17, 15) is 13.2 Å². The van der Waals surface area contributed by atoms with E-state index in [4.69, 9.17) is 4.74 Å². The highest BCUT2D eigenvalue weighted by Gasteiger charge is 2.34. The van der Waals surface area contributed by atoms with Gasteiger partial charge in [0.25, 0.3) is 0 Å². The molecule has 1 saturated heterocycles. The van der Waals surface area contributed by atoms with Gasteiger partial charge in [-0.15, -0.1) is 0 Å². The first-order valence-corrected chi connectivity index (χ1v) is 12.7. The monoisotopic (exact) mass is 482 g/mol.